The number of carboxylic acid groups (broad SMARTS) is 1. The summed E-state index contributed by atoms with van der Waals surface area (Å²) in [6, 6.07) is 2.36. The van der Waals surface area contributed by atoms with Gasteiger partial charge in [-0.05, 0) is 6.07 Å². The summed E-state index contributed by atoms with van der Waals surface area (Å²) < 4.78 is 18.3. The van der Waals surface area contributed by atoms with Crippen molar-refractivity contribution >= 4 is 17.0 Å². The molecule has 5 nitrogen and oxygen atoms in total. The number of halogens is 1. The molecule has 0 aliphatic carbocycles. The van der Waals surface area contributed by atoms with Gasteiger partial charge in [0.05, 0.1) is 23.2 Å². The van der Waals surface area contributed by atoms with Crippen LogP contribution in [-0.2, 0) is 11.2 Å². The Hall–Kier alpha value is -1.95. The van der Waals surface area contributed by atoms with Crippen LogP contribution in [0.15, 0.2) is 12.1 Å². The van der Waals surface area contributed by atoms with Crippen LogP contribution in [0, 0.1) is 5.82 Å². The van der Waals surface area contributed by atoms with Gasteiger partial charge in [-0.3, -0.25) is 0 Å². The van der Waals surface area contributed by atoms with Crippen LogP contribution in [-0.4, -0.2) is 34.8 Å². The van der Waals surface area contributed by atoms with Crippen LogP contribution >= 0.6 is 0 Å². The van der Waals surface area contributed by atoms with Crippen molar-refractivity contribution in [3.05, 3.63) is 29.3 Å². The number of aromatic nitrogens is 2. The number of ether oxygens (including phenoxy) is 1. The molecule has 1 aromatic heterocycles. The van der Waals surface area contributed by atoms with E-state index in [2.05, 4.69) is 9.97 Å². The Morgan fingerprint density at radius 1 is 1.59 bits per heavy atom. The molecule has 6 heteroatoms. The second-order valence-corrected chi connectivity index (χ2v) is 3.58. The molecule has 0 unspecified atom stereocenters. The Morgan fingerprint density at radius 2 is 2.35 bits per heavy atom. The average Bonchev–Trinajstić information content (AvgIpc) is 2.66. The first-order chi connectivity index (χ1) is 8.11. The number of aromatic carboxylic acids is 1. The maximum absolute atomic E-state index is 13.4. The van der Waals surface area contributed by atoms with Crippen molar-refractivity contribution in [3.63, 3.8) is 0 Å². The molecule has 17 heavy (non-hydrogen) atoms. The van der Waals surface area contributed by atoms with E-state index in [-0.39, 0.29) is 5.56 Å². The summed E-state index contributed by atoms with van der Waals surface area (Å²) in [5.74, 6) is -1.43. The van der Waals surface area contributed by atoms with E-state index in [1.807, 2.05) is 0 Å². The van der Waals surface area contributed by atoms with Crippen molar-refractivity contribution in [2.75, 3.05) is 13.7 Å². The Labute approximate surface area is 96.2 Å². The average molecular weight is 238 g/mol. The van der Waals surface area contributed by atoms with Gasteiger partial charge >= 0.3 is 5.97 Å². The van der Waals surface area contributed by atoms with Gasteiger partial charge in [0.2, 0.25) is 0 Å². The first-order valence-corrected chi connectivity index (χ1v) is 5.02. The lowest BCUT2D eigenvalue weighted by atomic mass is 10.2. The molecule has 0 spiro atoms. The zero-order chi connectivity index (χ0) is 12.4. The lowest BCUT2D eigenvalue weighted by molar-refractivity contribution is 0.0692. The number of hydrogen-bond donors (Lipinski definition) is 2. The Kier molecular flexibility index (Phi) is 3.06. The fourth-order valence-corrected chi connectivity index (χ4v) is 1.56. The molecule has 2 N–H and O–H groups in total. The highest BCUT2D eigenvalue weighted by molar-refractivity contribution is 5.92. The third-order valence-corrected chi connectivity index (χ3v) is 2.39. The number of nitrogens with one attached hydrogen (secondary N) is 1. The molecule has 0 atom stereocenters. The lowest BCUT2D eigenvalue weighted by Gasteiger charge is -1.95. The predicted octanol–water partition coefficient (Wildman–Crippen LogP) is 1.59. The van der Waals surface area contributed by atoms with Gasteiger partial charge in [-0.15, -0.1) is 0 Å². The van der Waals surface area contributed by atoms with Gasteiger partial charge < -0.3 is 14.8 Å². The van der Waals surface area contributed by atoms with Crippen LogP contribution in [0.2, 0.25) is 0 Å². The van der Waals surface area contributed by atoms with Crippen molar-refractivity contribution in [1.29, 1.82) is 0 Å². The molecule has 1 heterocycles. The number of carboxylic acids is 1. The molecule has 2 rings (SSSR count). The van der Waals surface area contributed by atoms with Crippen LogP contribution in [0.3, 0.4) is 0 Å². The largest absolute Gasteiger partial charge is 0.478 e. The Morgan fingerprint density at radius 3 is 3.00 bits per heavy atom. The first kappa shape index (κ1) is 11.5. The van der Waals surface area contributed by atoms with Gasteiger partial charge in [-0.1, -0.05) is 0 Å². The summed E-state index contributed by atoms with van der Waals surface area (Å²) in [7, 11) is 1.57. The zero-order valence-electron chi connectivity index (χ0n) is 9.16. The van der Waals surface area contributed by atoms with Crippen LogP contribution in [0.1, 0.15) is 16.2 Å². The molecule has 2 aromatic rings. The molecular weight excluding hydrogens is 227 g/mol. The standard InChI is InChI=1S/C11H11FN2O3/c1-17-3-2-10-13-8-4-6(11(15)16)7(12)5-9(8)14-10/h4-5H,2-3H2,1H3,(H,13,14)(H,15,16). The van der Waals surface area contributed by atoms with E-state index in [0.29, 0.717) is 29.9 Å². The summed E-state index contributed by atoms with van der Waals surface area (Å²) in [6.45, 7) is 0.494. The minimum absolute atomic E-state index is 0.373. The van der Waals surface area contributed by atoms with Crippen LogP contribution in [0.25, 0.3) is 11.0 Å². The molecule has 1 aromatic carbocycles. The minimum Gasteiger partial charge on any atom is -0.478 e. The third-order valence-electron chi connectivity index (χ3n) is 2.39. The van der Waals surface area contributed by atoms with Gasteiger partial charge in [0.1, 0.15) is 11.6 Å². The molecule has 0 radical (unpaired) electrons. The summed E-state index contributed by atoms with van der Waals surface area (Å²) >= 11 is 0. The molecule has 90 valence electrons. The van der Waals surface area contributed by atoms with Gasteiger partial charge in [-0.2, -0.15) is 0 Å². The fourth-order valence-electron chi connectivity index (χ4n) is 1.56. The minimum atomic E-state index is -1.30. The number of hydrogen-bond acceptors (Lipinski definition) is 3. The quantitative estimate of drug-likeness (QED) is 0.848. The van der Waals surface area contributed by atoms with E-state index < -0.39 is 11.8 Å². The van der Waals surface area contributed by atoms with E-state index >= 15 is 0 Å². The molecule has 0 bridgehead atoms. The Balaban J connectivity index is 2.43. The summed E-state index contributed by atoms with van der Waals surface area (Å²) in [4.78, 5) is 17.8. The number of carbonyl (C=O) groups is 1. The van der Waals surface area contributed by atoms with Crippen molar-refractivity contribution in [3.8, 4) is 0 Å². The Bertz CT molecular complexity index is 565. The molecular formula is C11H11FN2O3. The molecule has 0 fully saturated rings. The van der Waals surface area contributed by atoms with E-state index in [4.69, 9.17) is 9.84 Å². The topological polar surface area (TPSA) is 75.2 Å². The molecule has 0 saturated heterocycles. The first-order valence-electron chi connectivity index (χ1n) is 5.02. The number of methoxy groups -OCH3 is 1. The summed E-state index contributed by atoms with van der Waals surface area (Å²) in [5.41, 5.74) is 0.552. The molecule has 0 aliphatic rings. The number of nitrogens with zero attached hydrogens (tertiary/aromatic N) is 1. The second-order valence-electron chi connectivity index (χ2n) is 3.58. The molecule has 0 saturated carbocycles. The van der Waals surface area contributed by atoms with E-state index in [1.165, 1.54) is 6.07 Å². The number of imidazole rings is 1. The van der Waals surface area contributed by atoms with Crippen molar-refractivity contribution in [2.24, 2.45) is 0 Å². The van der Waals surface area contributed by atoms with E-state index in [0.717, 1.165) is 6.07 Å². The highest BCUT2D eigenvalue weighted by Gasteiger charge is 2.13. The van der Waals surface area contributed by atoms with Gasteiger partial charge in [0.25, 0.3) is 0 Å². The maximum atomic E-state index is 13.4. The maximum Gasteiger partial charge on any atom is 0.338 e. The normalized spacial score (nSPS) is 10.9. The van der Waals surface area contributed by atoms with Crippen LogP contribution in [0.4, 0.5) is 4.39 Å². The number of benzene rings is 1. The second kappa shape index (κ2) is 4.50. The zero-order valence-corrected chi connectivity index (χ0v) is 9.16. The smallest absolute Gasteiger partial charge is 0.338 e. The predicted molar refractivity (Wildman–Crippen MR) is 58.6 cm³/mol. The lowest BCUT2D eigenvalue weighted by Crippen LogP contribution is -1.99. The fraction of sp³-hybridized carbons (Fsp3) is 0.273. The van der Waals surface area contributed by atoms with Gasteiger partial charge in [-0.25, -0.2) is 14.2 Å². The molecule has 0 amide bonds. The van der Waals surface area contributed by atoms with Crippen LogP contribution in [0.5, 0.6) is 0 Å². The molecule has 0 aliphatic heterocycles. The van der Waals surface area contributed by atoms with E-state index in [1.54, 1.807) is 7.11 Å². The summed E-state index contributed by atoms with van der Waals surface area (Å²) in [6.07, 6.45) is 0.565. The third kappa shape index (κ3) is 2.26. The van der Waals surface area contributed by atoms with Crippen molar-refractivity contribution in [1.82, 2.24) is 9.97 Å². The van der Waals surface area contributed by atoms with E-state index in [9.17, 15) is 9.18 Å². The number of fused-ring (bicyclic) bond motifs is 1. The summed E-state index contributed by atoms with van der Waals surface area (Å²) in [5, 5.41) is 8.78. The monoisotopic (exact) mass is 238 g/mol. The van der Waals surface area contributed by atoms with Crippen molar-refractivity contribution < 1.29 is 19.0 Å². The number of aromatic amines is 1. The van der Waals surface area contributed by atoms with Crippen molar-refractivity contribution in [2.45, 2.75) is 6.42 Å². The van der Waals surface area contributed by atoms with Gasteiger partial charge in [0, 0.05) is 19.6 Å². The SMILES string of the molecule is COCCc1nc2cc(C(=O)O)c(F)cc2[nH]1. The van der Waals surface area contributed by atoms with Crippen LogP contribution < -0.4 is 0 Å². The highest BCUT2D eigenvalue weighted by atomic mass is 19.1. The highest BCUT2D eigenvalue weighted by Crippen LogP contribution is 2.17. The number of rotatable bonds is 4. The van der Waals surface area contributed by atoms with Gasteiger partial charge in [0.15, 0.2) is 0 Å². The number of H-pyrrole nitrogens is 1.